The average Bonchev–Trinajstić information content (AvgIpc) is 3.02. The van der Waals surface area contributed by atoms with E-state index in [2.05, 4.69) is 10.3 Å². The molecule has 5 nitrogen and oxygen atoms in total. The SMILES string of the molecule is Cn1ccc2c(-c3ccc(C(=O)NC4CC4)o3)ccnc21. The maximum absolute atomic E-state index is 12.0. The van der Waals surface area contributed by atoms with Gasteiger partial charge in [-0.25, -0.2) is 4.98 Å². The molecule has 0 aliphatic heterocycles. The Morgan fingerprint density at radius 2 is 2.19 bits per heavy atom. The molecule has 0 aromatic carbocycles. The number of aromatic nitrogens is 2. The van der Waals surface area contributed by atoms with Gasteiger partial charge >= 0.3 is 0 Å². The molecule has 0 bridgehead atoms. The molecule has 3 aromatic rings. The highest BCUT2D eigenvalue weighted by atomic mass is 16.3. The molecule has 0 atom stereocenters. The maximum atomic E-state index is 12.0. The van der Waals surface area contributed by atoms with Crippen LogP contribution in [0.5, 0.6) is 0 Å². The van der Waals surface area contributed by atoms with E-state index < -0.39 is 0 Å². The first-order valence-corrected chi connectivity index (χ1v) is 7.03. The molecule has 1 saturated carbocycles. The zero-order valence-corrected chi connectivity index (χ0v) is 11.7. The van der Waals surface area contributed by atoms with Crippen molar-refractivity contribution in [2.45, 2.75) is 18.9 Å². The largest absolute Gasteiger partial charge is 0.451 e. The molecule has 1 fully saturated rings. The van der Waals surface area contributed by atoms with E-state index in [1.54, 1.807) is 12.3 Å². The summed E-state index contributed by atoms with van der Waals surface area (Å²) < 4.78 is 7.69. The Hall–Kier alpha value is -2.56. The standard InChI is InChI=1S/C16H15N3O2/c1-19-9-7-12-11(6-8-17-15(12)19)13-4-5-14(21-13)16(20)18-10-2-3-10/h4-10H,2-3H2,1H3,(H,18,20). The highest BCUT2D eigenvalue weighted by molar-refractivity contribution is 5.95. The molecule has 1 N–H and O–H groups in total. The van der Waals surface area contributed by atoms with Crippen molar-refractivity contribution < 1.29 is 9.21 Å². The number of carbonyl (C=O) groups is 1. The van der Waals surface area contributed by atoms with Crippen LogP contribution in [0, 0.1) is 0 Å². The van der Waals surface area contributed by atoms with Crippen LogP contribution < -0.4 is 5.32 Å². The number of aryl methyl sites for hydroxylation is 1. The van der Waals surface area contributed by atoms with Gasteiger partial charge in [0.1, 0.15) is 11.4 Å². The normalized spacial score (nSPS) is 14.5. The maximum Gasteiger partial charge on any atom is 0.287 e. The fourth-order valence-electron chi connectivity index (χ4n) is 2.47. The fraction of sp³-hybridized carbons (Fsp3) is 0.250. The lowest BCUT2D eigenvalue weighted by molar-refractivity contribution is 0.0924. The van der Waals surface area contributed by atoms with Gasteiger partial charge in [-0.15, -0.1) is 0 Å². The highest BCUT2D eigenvalue weighted by Gasteiger charge is 2.25. The number of carbonyl (C=O) groups excluding carboxylic acids is 1. The molecule has 1 amide bonds. The molecule has 3 heterocycles. The molecule has 3 aromatic heterocycles. The molecule has 0 unspecified atom stereocenters. The molecule has 21 heavy (non-hydrogen) atoms. The summed E-state index contributed by atoms with van der Waals surface area (Å²) in [5, 5.41) is 3.94. The molecule has 106 valence electrons. The number of hydrogen-bond acceptors (Lipinski definition) is 3. The summed E-state index contributed by atoms with van der Waals surface area (Å²) in [5.74, 6) is 0.912. The predicted octanol–water partition coefficient (Wildman–Crippen LogP) is 2.73. The van der Waals surface area contributed by atoms with Crippen molar-refractivity contribution in [1.29, 1.82) is 0 Å². The number of fused-ring (bicyclic) bond motifs is 1. The van der Waals surface area contributed by atoms with E-state index in [4.69, 9.17) is 4.42 Å². The minimum Gasteiger partial charge on any atom is -0.451 e. The number of hydrogen-bond donors (Lipinski definition) is 1. The third-order valence-electron chi connectivity index (χ3n) is 3.78. The van der Waals surface area contributed by atoms with Crippen molar-refractivity contribution in [3.8, 4) is 11.3 Å². The second-order valence-electron chi connectivity index (χ2n) is 5.43. The van der Waals surface area contributed by atoms with E-state index in [0.717, 1.165) is 29.4 Å². The summed E-state index contributed by atoms with van der Waals surface area (Å²) in [4.78, 5) is 16.3. The van der Waals surface area contributed by atoms with Crippen molar-refractivity contribution in [2.75, 3.05) is 0 Å². The van der Waals surface area contributed by atoms with Gasteiger partial charge in [0.25, 0.3) is 5.91 Å². The first-order chi connectivity index (χ1) is 10.2. The lowest BCUT2D eigenvalue weighted by atomic mass is 10.1. The van der Waals surface area contributed by atoms with Crippen molar-refractivity contribution in [1.82, 2.24) is 14.9 Å². The number of amides is 1. The third-order valence-corrected chi connectivity index (χ3v) is 3.78. The Balaban J connectivity index is 1.72. The van der Waals surface area contributed by atoms with Crippen molar-refractivity contribution in [2.24, 2.45) is 7.05 Å². The van der Waals surface area contributed by atoms with Crippen LogP contribution in [0.2, 0.25) is 0 Å². The van der Waals surface area contributed by atoms with Gasteiger partial charge in [-0.1, -0.05) is 0 Å². The van der Waals surface area contributed by atoms with Crippen LogP contribution in [0.1, 0.15) is 23.4 Å². The fourth-order valence-corrected chi connectivity index (χ4v) is 2.47. The van der Waals surface area contributed by atoms with Gasteiger partial charge in [-0.3, -0.25) is 4.79 Å². The molecular weight excluding hydrogens is 266 g/mol. The minimum atomic E-state index is -0.137. The lowest BCUT2D eigenvalue weighted by Gasteiger charge is -2.01. The predicted molar refractivity (Wildman–Crippen MR) is 78.9 cm³/mol. The quantitative estimate of drug-likeness (QED) is 0.803. The topological polar surface area (TPSA) is 60.1 Å². The Bertz CT molecular complexity index is 827. The molecule has 1 aliphatic carbocycles. The van der Waals surface area contributed by atoms with Crippen LogP contribution >= 0.6 is 0 Å². The second kappa shape index (κ2) is 4.48. The van der Waals surface area contributed by atoms with Gasteiger partial charge < -0.3 is 14.3 Å². The first kappa shape index (κ1) is 12.2. The van der Waals surface area contributed by atoms with Gasteiger partial charge in [0.15, 0.2) is 5.76 Å². The summed E-state index contributed by atoms with van der Waals surface area (Å²) in [6.45, 7) is 0. The van der Waals surface area contributed by atoms with Crippen molar-refractivity contribution in [3.63, 3.8) is 0 Å². The van der Waals surface area contributed by atoms with Gasteiger partial charge in [0, 0.05) is 36.4 Å². The van der Waals surface area contributed by atoms with Crippen molar-refractivity contribution >= 4 is 16.9 Å². The summed E-state index contributed by atoms with van der Waals surface area (Å²) >= 11 is 0. The number of rotatable bonds is 3. The van der Waals surface area contributed by atoms with E-state index >= 15 is 0 Å². The molecule has 0 spiro atoms. The number of nitrogens with one attached hydrogen (secondary N) is 1. The number of nitrogens with zero attached hydrogens (tertiary/aromatic N) is 2. The van der Waals surface area contributed by atoms with Gasteiger partial charge in [0.05, 0.1) is 0 Å². The summed E-state index contributed by atoms with van der Waals surface area (Å²) in [6.07, 6.45) is 5.84. The summed E-state index contributed by atoms with van der Waals surface area (Å²) in [6, 6.07) is 7.80. The number of pyridine rings is 1. The van der Waals surface area contributed by atoms with E-state index in [1.165, 1.54) is 0 Å². The summed E-state index contributed by atoms with van der Waals surface area (Å²) in [5.41, 5.74) is 1.85. The van der Waals surface area contributed by atoms with Gasteiger partial charge in [-0.2, -0.15) is 0 Å². The van der Waals surface area contributed by atoms with Crippen LogP contribution in [0.25, 0.3) is 22.4 Å². The molecule has 1 aliphatic rings. The zero-order valence-electron chi connectivity index (χ0n) is 11.7. The zero-order chi connectivity index (χ0) is 14.4. The summed E-state index contributed by atoms with van der Waals surface area (Å²) in [7, 11) is 1.95. The Morgan fingerprint density at radius 1 is 1.33 bits per heavy atom. The second-order valence-corrected chi connectivity index (χ2v) is 5.43. The minimum absolute atomic E-state index is 0.137. The van der Waals surface area contributed by atoms with Crippen LogP contribution in [0.3, 0.4) is 0 Å². The van der Waals surface area contributed by atoms with E-state index in [1.807, 2.05) is 36.0 Å². The van der Waals surface area contributed by atoms with Crippen LogP contribution in [-0.4, -0.2) is 21.5 Å². The van der Waals surface area contributed by atoms with Crippen LogP contribution in [-0.2, 0) is 7.05 Å². The van der Waals surface area contributed by atoms with Gasteiger partial charge in [-0.05, 0) is 37.1 Å². The monoisotopic (exact) mass is 281 g/mol. The van der Waals surface area contributed by atoms with Crippen molar-refractivity contribution in [3.05, 3.63) is 42.4 Å². The lowest BCUT2D eigenvalue weighted by Crippen LogP contribution is -2.24. The third kappa shape index (κ3) is 2.11. The Kier molecular flexibility index (Phi) is 2.60. The van der Waals surface area contributed by atoms with E-state index in [0.29, 0.717) is 17.6 Å². The molecule has 5 heteroatoms. The van der Waals surface area contributed by atoms with Gasteiger partial charge in [0.2, 0.25) is 0 Å². The van der Waals surface area contributed by atoms with E-state index in [-0.39, 0.29) is 5.91 Å². The van der Waals surface area contributed by atoms with Crippen LogP contribution in [0.15, 0.2) is 41.1 Å². The Morgan fingerprint density at radius 3 is 3.00 bits per heavy atom. The number of furan rings is 1. The molecule has 4 rings (SSSR count). The smallest absolute Gasteiger partial charge is 0.287 e. The molecular formula is C16H15N3O2. The highest BCUT2D eigenvalue weighted by Crippen LogP contribution is 2.29. The van der Waals surface area contributed by atoms with E-state index in [9.17, 15) is 4.79 Å². The molecule has 0 saturated heterocycles. The average molecular weight is 281 g/mol. The first-order valence-electron chi connectivity index (χ1n) is 7.03. The Labute approximate surface area is 121 Å². The molecule has 0 radical (unpaired) electrons. The van der Waals surface area contributed by atoms with Crippen LogP contribution in [0.4, 0.5) is 0 Å².